The van der Waals surface area contributed by atoms with Gasteiger partial charge in [0, 0.05) is 0 Å². The van der Waals surface area contributed by atoms with Crippen LogP contribution in [-0.2, 0) is 14.4 Å². The number of nitrogens with one attached hydrogen (secondary N) is 2. The van der Waals surface area contributed by atoms with Gasteiger partial charge in [-0.3, -0.25) is 9.59 Å². The molecule has 0 aliphatic rings. The first-order valence-corrected chi connectivity index (χ1v) is 4.11. The van der Waals surface area contributed by atoms with Crippen LogP contribution in [0.5, 0.6) is 0 Å². The van der Waals surface area contributed by atoms with Gasteiger partial charge in [0.15, 0.2) is 0 Å². The number of carbonyl (C=O) groups excluding carboxylic acids is 2. The Balaban J connectivity index is 4.67. The maximum absolute atomic E-state index is 10.9. The predicted molar refractivity (Wildman–Crippen MR) is 50.4 cm³/mol. The maximum Gasteiger partial charge on any atom is 0.350 e. The zero-order chi connectivity index (χ0) is 12.1. The fourth-order valence-corrected chi connectivity index (χ4v) is 0.798. The Hall–Kier alpha value is -1.67. The molecule has 0 radical (unpaired) electrons. The van der Waals surface area contributed by atoms with Gasteiger partial charge in [0.2, 0.25) is 17.5 Å². The highest BCUT2D eigenvalue weighted by Gasteiger charge is 2.35. The molecule has 0 aliphatic heterocycles. The highest BCUT2D eigenvalue weighted by molar-refractivity contribution is 5.91. The number of amides is 2. The number of carboxylic acids is 1. The average Bonchev–Trinajstić information content (AvgIpc) is 2.16. The lowest BCUT2D eigenvalue weighted by Crippen LogP contribution is -2.65. The Bertz CT molecular complexity index is 260. The fraction of sp³-hybridized carbons (Fsp3) is 0.571. The van der Waals surface area contributed by atoms with Crippen molar-refractivity contribution < 1.29 is 19.5 Å². The molecule has 0 aromatic heterocycles. The van der Waals surface area contributed by atoms with Crippen molar-refractivity contribution in [1.29, 1.82) is 0 Å². The van der Waals surface area contributed by atoms with E-state index in [0.29, 0.717) is 0 Å². The molecule has 0 aromatic carbocycles. The van der Waals surface area contributed by atoms with Gasteiger partial charge in [-0.2, -0.15) is 0 Å². The van der Waals surface area contributed by atoms with Crippen molar-refractivity contribution in [1.82, 2.24) is 10.6 Å². The molecular weight excluding hydrogens is 204 g/mol. The zero-order valence-electron chi connectivity index (χ0n) is 8.24. The highest BCUT2D eigenvalue weighted by Crippen LogP contribution is 1.98. The van der Waals surface area contributed by atoms with Crippen molar-refractivity contribution >= 4 is 17.8 Å². The third kappa shape index (κ3) is 3.92. The quantitative estimate of drug-likeness (QED) is 0.309. The van der Waals surface area contributed by atoms with E-state index in [1.807, 2.05) is 0 Å². The van der Waals surface area contributed by atoms with Crippen LogP contribution in [0.2, 0.25) is 0 Å². The van der Waals surface area contributed by atoms with Crippen LogP contribution >= 0.6 is 0 Å². The Morgan fingerprint density at radius 2 is 1.47 bits per heavy atom. The molecule has 8 heteroatoms. The minimum atomic E-state index is -1.90. The molecule has 7 N–H and O–H groups in total. The molecule has 0 saturated carbocycles. The summed E-state index contributed by atoms with van der Waals surface area (Å²) in [6.07, 6.45) is 0. The van der Waals surface area contributed by atoms with Gasteiger partial charge in [-0.1, -0.05) is 0 Å². The molecule has 15 heavy (non-hydrogen) atoms. The van der Waals surface area contributed by atoms with Crippen LogP contribution in [0.3, 0.4) is 0 Å². The molecule has 0 heterocycles. The van der Waals surface area contributed by atoms with E-state index in [2.05, 4.69) is 10.6 Å². The van der Waals surface area contributed by atoms with Crippen molar-refractivity contribution in [3.05, 3.63) is 0 Å². The second kappa shape index (κ2) is 5.27. The molecule has 0 atom stereocenters. The van der Waals surface area contributed by atoms with Gasteiger partial charge < -0.3 is 27.2 Å². The fourth-order valence-electron chi connectivity index (χ4n) is 0.798. The van der Waals surface area contributed by atoms with Crippen LogP contribution < -0.4 is 22.1 Å². The van der Waals surface area contributed by atoms with Gasteiger partial charge in [0.05, 0.1) is 13.1 Å². The number of hydrogen-bond donors (Lipinski definition) is 5. The summed E-state index contributed by atoms with van der Waals surface area (Å²) >= 11 is 0. The molecule has 0 bridgehead atoms. The van der Waals surface area contributed by atoms with Crippen LogP contribution in [0.25, 0.3) is 0 Å². The van der Waals surface area contributed by atoms with Crippen LogP contribution in [0.1, 0.15) is 6.92 Å². The first kappa shape index (κ1) is 13.3. The van der Waals surface area contributed by atoms with Gasteiger partial charge in [-0.15, -0.1) is 0 Å². The third-order valence-corrected chi connectivity index (χ3v) is 1.58. The maximum atomic E-state index is 10.9. The first-order chi connectivity index (χ1) is 6.85. The molecule has 2 amide bonds. The smallest absolute Gasteiger partial charge is 0.350 e. The molecular formula is C7H14N4O4. The Morgan fingerprint density at radius 3 is 1.67 bits per heavy atom. The Kier molecular flexibility index (Phi) is 4.68. The number of carbonyl (C=O) groups is 3. The summed E-state index contributed by atoms with van der Waals surface area (Å²) < 4.78 is 0. The molecule has 8 nitrogen and oxygen atoms in total. The van der Waals surface area contributed by atoms with E-state index in [0.717, 1.165) is 6.92 Å². The van der Waals surface area contributed by atoms with Gasteiger partial charge in [-0.25, -0.2) is 4.79 Å². The minimum Gasteiger partial charge on any atom is -0.478 e. The standard InChI is InChI=1S/C7H14N4O4/c1-7(6(14)15,10-4(12)2-8)11-5(13)3-9/h2-3,8-9H2,1H3,(H,10,12)(H,11,13)(H,14,15). The second-order valence-corrected chi connectivity index (χ2v) is 2.93. The van der Waals surface area contributed by atoms with Crippen molar-refractivity contribution in [3.8, 4) is 0 Å². The highest BCUT2D eigenvalue weighted by atomic mass is 16.4. The molecule has 0 aromatic rings. The zero-order valence-corrected chi connectivity index (χ0v) is 8.24. The van der Waals surface area contributed by atoms with Gasteiger partial charge in [0.25, 0.3) is 0 Å². The summed E-state index contributed by atoms with van der Waals surface area (Å²) in [6, 6.07) is 0. The molecule has 86 valence electrons. The van der Waals surface area contributed by atoms with E-state index < -0.39 is 23.4 Å². The lowest BCUT2D eigenvalue weighted by atomic mass is 10.2. The number of carboxylic acid groups (broad SMARTS) is 1. The number of hydrogen-bond acceptors (Lipinski definition) is 5. The summed E-state index contributed by atoms with van der Waals surface area (Å²) in [7, 11) is 0. The Morgan fingerprint density at radius 1 is 1.13 bits per heavy atom. The Labute approximate surface area is 86.0 Å². The number of aliphatic carboxylic acids is 1. The van der Waals surface area contributed by atoms with Gasteiger partial charge >= 0.3 is 5.97 Å². The van der Waals surface area contributed by atoms with Crippen LogP contribution in [0, 0.1) is 0 Å². The van der Waals surface area contributed by atoms with Gasteiger partial charge in [-0.05, 0) is 6.92 Å². The first-order valence-electron chi connectivity index (χ1n) is 4.11. The van der Waals surface area contributed by atoms with Crippen LogP contribution in [-0.4, -0.2) is 41.6 Å². The molecule has 0 saturated heterocycles. The van der Waals surface area contributed by atoms with E-state index in [4.69, 9.17) is 16.6 Å². The van der Waals surface area contributed by atoms with Gasteiger partial charge in [0.1, 0.15) is 0 Å². The SMILES string of the molecule is CC(NC(=O)CN)(NC(=O)CN)C(=O)O. The number of rotatable bonds is 5. The van der Waals surface area contributed by atoms with Crippen LogP contribution in [0.4, 0.5) is 0 Å². The molecule has 0 spiro atoms. The van der Waals surface area contributed by atoms with Crippen LogP contribution in [0.15, 0.2) is 0 Å². The van der Waals surface area contributed by atoms with E-state index in [-0.39, 0.29) is 13.1 Å². The normalized spacial score (nSPS) is 10.6. The van der Waals surface area contributed by atoms with E-state index in [9.17, 15) is 14.4 Å². The molecule has 0 rings (SSSR count). The van der Waals surface area contributed by atoms with Crippen molar-refractivity contribution in [3.63, 3.8) is 0 Å². The lowest BCUT2D eigenvalue weighted by Gasteiger charge is -2.26. The van der Waals surface area contributed by atoms with Crippen molar-refractivity contribution in [2.24, 2.45) is 11.5 Å². The average molecular weight is 218 g/mol. The van der Waals surface area contributed by atoms with Crippen molar-refractivity contribution in [2.45, 2.75) is 12.6 Å². The largest absolute Gasteiger partial charge is 0.478 e. The van der Waals surface area contributed by atoms with E-state index in [1.54, 1.807) is 0 Å². The second-order valence-electron chi connectivity index (χ2n) is 2.93. The van der Waals surface area contributed by atoms with E-state index in [1.165, 1.54) is 0 Å². The monoisotopic (exact) mass is 218 g/mol. The molecule has 0 fully saturated rings. The summed E-state index contributed by atoms with van der Waals surface area (Å²) in [4.78, 5) is 32.7. The third-order valence-electron chi connectivity index (χ3n) is 1.58. The number of nitrogens with two attached hydrogens (primary N) is 2. The topological polar surface area (TPSA) is 148 Å². The molecule has 0 aliphatic carbocycles. The van der Waals surface area contributed by atoms with E-state index >= 15 is 0 Å². The lowest BCUT2D eigenvalue weighted by molar-refractivity contribution is -0.150. The summed E-state index contributed by atoms with van der Waals surface area (Å²) in [5.41, 5.74) is 8.10. The van der Waals surface area contributed by atoms with Crippen molar-refractivity contribution in [2.75, 3.05) is 13.1 Å². The summed E-state index contributed by atoms with van der Waals surface area (Å²) in [5.74, 6) is -2.81. The summed E-state index contributed by atoms with van der Waals surface area (Å²) in [5, 5.41) is 12.9. The summed E-state index contributed by atoms with van der Waals surface area (Å²) in [6.45, 7) is 0.374. The minimum absolute atomic E-state index is 0.374. The molecule has 0 unspecified atom stereocenters. The predicted octanol–water partition coefficient (Wildman–Crippen LogP) is -3.06.